The average molecular weight is 374 g/mol. The van der Waals surface area contributed by atoms with Crippen molar-refractivity contribution in [3.05, 3.63) is 90.2 Å². The van der Waals surface area contributed by atoms with Crippen LogP contribution in [0.1, 0.15) is 10.4 Å². The lowest BCUT2D eigenvalue weighted by molar-refractivity contribution is 0.0926. The SMILES string of the molecule is O=C(CN1CCN(c2ccc(F)cc2)CC1)c1ccc(-c2ccccc2)cc1. The van der Waals surface area contributed by atoms with Crippen LogP contribution in [0.2, 0.25) is 0 Å². The Hall–Kier alpha value is -2.98. The quantitative estimate of drug-likeness (QED) is 0.615. The summed E-state index contributed by atoms with van der Waals surface area (Å²) in [5, 5.41) is 0. The van der Waals surface area contributed by atoms with Gasteiger partial charge in [0.05, 0.1) is 6.54 Å². The molecule has 0 spiro atoms. The Morgan fingerprint density at radius 2 is 1.36 bits per heavy atom. The second-order valence-corrected chi connectivity index (χ2v) is 7.11. The molecule has 0 N–H and O–H groups in total. The molecule has 142 valence electrons. The highest BCUT2D eigenvalue weighted by Gasteiger charge is 2.20. The van der Waals surface area contributed by atoms with Crippen molar-refractivity contribution in [1.82, 2.24) is 4.90 Å². The maximum Gasteiger partial charge on any atom is 0.176 e. The Morgan fingerprint density at radius 1 is 0.750 bits per heavy atom. The van der Waals surface area contributed by atoms with E-state index in [-0.39, 0.29) is 11.6 Å². The van der Waals surface area contributed by atoms with Gasteiger partial charge in [-0.2, -0.15) is 0 Å². The van der Waals surface area contributed by atoms with E-state index in [1.807, 2.05) is 54.6 Å². The zero-order valence-electron chi connectivity index (χ0n) is 15.7. The van der Waals surface area contributed by atoms with Crippen molar-refractivity contribution >= 4 is 11.5 Å². The molecule has 1 aliphatic heterocycles. The minimum absolute atomic E-state index is 0.148. The molecule has 0 bridgehead atoms. The van der Waals surface area contributed by atoms with Crippen LogP contribution in [0.25, 0.3) is 11.1 Å². The number of Topliss-reactive ketones (excluding diaryl/α,β-unsaturated/α-hetero) is 1. The van der Waals surface area contributed by atoms with E-state index < -0.39 is 0 Å². The van der Waals surface area contributed by atoms with E-state index in [1.54, 1.807) is 0 Å². The van der Waals surface area contributed by atoms with Crippen LogP contribution in [0.3, 0.4) is 0 Å². The van der Waals surface area contributed by atoms with E-state index in [0.29, 0.717) is 6.54 Å². The van der Waals surface area contributed by atoms with E-state index in [1.165, 1.54) is 12.1 Å². The summed E-state index contributed by atoms with van der Waals surface area (Å²) in [4.78, 5) is 17.1. The highest BCUT2D eigenvalue weighted by Crippen LogP contribution is 2.20. The first-order chi connectivity index (χ1) is 13.7. The Bertz CT molecular complexity index is 915. The van der Waals surface area contributed by atoms with Gasteiger partial charge in [0.15, 0.2) is 5.78 Å². The molecule has 3 aromatic carbocycles. The summed E-state index contributed by atoms with van der Waals surface area (Å²) in [6, 6.07) is 24.6. The molecule has 0 unspecified atom stereocenters. The number of piperazine rings is 1. The minimum atomic E-state index is -0.216. The summed E-state index contributed by atoms with van der Waals surface area (Å²) in [5.41, 5.74) is 4.05. The monoisotopic (exact) mass is 374 g/mol. The molecule has 28 heavy (non-hydrogen) atoms. The fraction of sp³-hybridized carbons (Fsp3) is 0.208. The average Bonchev–Trinajstić information content (AvgIpc) is 2.76. The standard InChI is InChI=1S/C24H23FN2O/c25-22-10-12-23(13-11-22)27-16-14-26(15-17-27)18-24(28)21-8-6-20(7-9-21)19-4-2-1-3-5-19/h1-13H,14-18H2. The summed E-state index contributed by atoms with van der Waals surface area (Å²) in [6.45, 7) is 3.76. The first-order valence-corrected chi connectivity index (χ1v) is 9.60. The first-order valence-electron chi connectivity index (χ1n) is 9.60. The first kappa shape index (κ1) is 18.4. The van der Waals surface area contributed by atoms with Gasteiger partial charge < -0.3 is 4.90 Å². The molecule has 1 aliphatic rings. The second kappa shape index (κ2) is 8.36. The Balaban J connectivity index is 1.32. The van der Waals surface area contributed by atoms with Crippen molar-refractivity contribution in [3.63, 3.8) is 0 Å². The third kappa shape index (κ3) is 4.29. The normalized spacial score (nSPS) is 14.8. The Kier molecular flexibility index (Phi) is 5.49. The van der Waals surface area contributed by atoms with Gasteiger partial charge in [-0.25, -0.2) is 4.39 Å². The number of benzene rings is 3. The highest BCUT2D eigenvalue weighted by molar-refractivity contribution is 5.98. The van der Waals surface area contributed by atoms with Crippen molar-refractivity contribution < 1.29 is 9.18 Å². The maximum absolute atomic E-state index is 13.1. The van der Waals surface area contributed by atoms with Gasteiger partial charge in [0.25, 0.3) is 0 Å². The van der Waals surface area contributed by atoms with Gasteiger partial charge >= 0.3 is 0 Å². The molecule has 3 nitrogen and oxygen atoms in total. The van der Waals surface area contributed by atoms with Crippen LogP contribution >= 0.6 is 0 Å². The number of halogens is 1. The van der Waals surface area contributed by atoms with Gasteiger partial charge in [-0.05, 0) is 35.4 Å². The molecule has 0 atom stereocenters. The molecule has 1 heterocycles. The molecular weight excluding hydrogens is 351 g/mol. The predicted octanol–water partition coefficient (Wildman–Crippen LogP) is 4.50. The molecule has 1 saturated heterocycles. The lowest BCUT2D eigenvalue weighted by atomic mass is 10.0. The highest BCUT2D eigenvalue weighted by atomic mass is 19.1. The van der Waals surface area contributed by atoms with E-state index >= 15 is 0 Å². The molecule has 0 saturated carbocycles. The summed E-state index contributed by atoms with van der Waals surface area (Å²) >= 11 is 0. The van der Waals surface area contributed by atoms with Crippen molar-refractivity contribution in [2.45, 2.75) is 0 Å². The third-order valence-corrected chi connectivity index (χ3v) is 5.25. The van der Waals surface area contributed by atoms with Crippen molar-refractivity contribution in [2.75, 3.05) is 37.6 Å². The predicted molar refractivity (Wildman–Crippen MR) is 111 cm³/mol. The van der Waals surface area contributed by atoms with Gasteiger partial charge in [0.2, 0.25) is 0 Å². The molecule has 4 rings (SSSR count). The fourth-order valence-electron chi connectivity index (χ4n) is 3.59. The smallest absolute Gasteiger partial charge is 0.176 e. The lowest BCUT2D eigenvalue weighted by Gasteiger charge is -2.35. The summed E-state index contributed by atoms with van der Waals surface area (Å²) < 4.78 is 13.1. The zero-order chi connectivity index (χ0) is 19.3. The molecule has 0 radical (unpaired) electrons. The number of rotatable bonds is 5. The van der Waals surface area contributed by atoms with Gasteiger partial charge in [0, 0.05) is 37.4 Å². The van der Waals surface area contributed by atoms with Gasteiger partial charge in [0.1, 0.15) is 5.82 Å². The zero-order valence-corrected chi connectivity index (χ0v) is 15.7. The van der Waals surface area contributed by atoms with Crippen molar-refractivity contribution in [1.29, 1.82) is 0 Å². The van der Waals surface area contributed by atoms with Crippen molar-refractivity contribution in [3.8, 4) is 11.1 Å². The minimum Gasteiger partial charge on any atom is -0.369 e. The number of carbonyl (C=O) groups excluding carboxylic acids is 1. The number of hydrogen-bond acceptors (Lipinski definition) is 3. The van der Waals surface area contributed by atoms with Crippen LogP contribution in [0, 0.1) is 5.82 Å². The molecule has 3 aromatic rings. The van der Waals surface area contributed by atoms with E-state index in [4.69, 9.17) is 0 Å². The van der Waals surface area contributed by atoms with Crippen LogP contribution in [0.5, 0.6) is 0 Å². The van der Waals surface area contributed by atoms with Crippen LogP contribution in [0.15, 0.2) is 78.9 Å². The molecular formula is C24H23FN2O. The summed E-state index contributed by atoms with van der Waals surface area (Å²) in [7, 11) is 0. The largest absolute Gasteiger partial charge is 0.369 e. The molecule has 0 aliphatic carbocycles. The van der Waals surface area contributed by atoms with Crippen LogP contribution < -0.4 is 4.90 Å². The molecule has 0 aromatic heterocycles. The van der Waals surface area contributed by atoms with E-state index in [0.717, 1.165) is 48.6 Å². The summed E-state index contributed by atoms with van der Waals surface area (Å²) in [5.74, 6) is -0.0684. The Morgan fingerprint density at radius 3 is 2.00 bits per heavy atom. The van der Waals surface area contributed by atoms with Crippen molar-refractivity contribution in [2.24, 2.45) is 0 Å². The van der Waals surface area contributed by atoms with Gasteiger partial charge in [-0.1, -0.05) is 54.6 Å². The summed E-state index contributed by atoms with van der Waals surface area (Å²) in [6.07, 6.45) is 0. The second-order valence-electron chi connectivity index (χ2n) is 7.11. The van der Waals surface area contributed by atoms with E-state index in [9.17, 15) is 9.18 Å². The number of anilines is 1. The Labute approximate surface area is 165 Å². The molecule has 0 amide bonds. The van der Waals surface area contributed by atoms with Gasteiger partial charge in [-0.3, -0.25) is 9.69 Å². The third-order valence-electron chi connectivity index (χ3n) is 5.25. The van der Waals surface area contributed by atoms with Gasteiger partial charge in [-0.15, -0.1) is 0 Å². The molecule has 4 heteroatoms. The van der Waals surface area contributed by atoms with E-state index in [2.05, 4.69) is 21.9 Å². The maximum atomic E-state index is 13.1. The number of nitrogens with zero attached hydrogens (tertiary/aromatic N) is 2. The van der Waals surface area contributed by atoms with Crippen LogP contribution in [0.4, 0.5) is 10.1 Å². The lowest BCUT2D eigenvalue weighted by Crippen LogP contribution is -2.48. The van der Waals surface area contributed by atoms with Crippen LogP contribution in [-0.4, -0.2) is 43.4 Å². The number of hydrogen-bond donors (Lipinski definition) is 0. The molecule has 1 fully saturated rings. The topological polar surface area (TPSA) is 23.6 Å². The number of ketones is 1. The fourth-order valence-corrected chi connectivity index (χ4v) is 3.59. The van der Waals surface area contributed by atoms with Crippen LogP contribution in [-0.2, 0) is 0 Å². The number of carbonyl (C=O) groups is 1.